The van der Waals surface area contributed by atoms with Crippen molar-refractivity contribution in [2.24, 2.45) is 0 Å². The molecule has 9 nitrogen and oxygen atoms in total. The first-order chi connectivity index (χ1) is 33.1. The van der Waals surface area contributed by atoms with Crippen molar-refractivity contribution in [1.29, 1.82) is 0 Å². The molecule has 0 aromatic rings. The topological polar surface area (TPSA) is 108 Å². The summed E-state index contributed by atoms with van der Waals surface area (Å²) in [6.45, 7) is 4.87. The van der Waals surface area contributed by atoms with Crippen LogP contribution in [0.5, 0.6) is 0 Å². The Bertz CT molecular complexity index is 1170. The molecule has 0 heterocycles. The fourth-order valence-corrected chi connectivity index (χ4v) is 8.42. The number of hydrogen-bond donors (Lipinski definition) is 1. The lowest BCUT2D eigenvalue weighted by molar-refractivity contribution is -0.870. The van der Waals surface area contributed by atoms with Crippen molar-refractivity contribution < 1.29 is 42.9 Å². The smallest absolute Gasteiger partial charge is 0.361 e. The van der Waals surface area contributed by atoms with E-state index in [2.05, 4.69) is 38.2 Å². The lowest BCUT2D eigenvalue weighted by Gasteiger charge is -2.25. The number of unbranched alkanes of at least 4 members (excludes halogenated alkanes) is 35. The highest BCUT2D eigenvalue weighted by molar-refractivity contribution is 5.71. The van der Waals surface area contributed by atoms with Crippen LogP contribution < -0.4 is 0 Å². The molecule has 0 rings (SSSR count). The molecule has 0 radical (unpaired) electrons. The number of rotatable bonds is 54. The van der Waals surface area contributed by atoms with E-state index in [9.17, 15) is 19.5 Å². The second kappa shape index (κ2) is 51.1. The van der Waals surface area contributed by atoms with Crippen LogP contribution >= 0.6 is 0 Å². The fraction of sp³-hybridized carbons (Fsp3) is 0.881. The molecule has 2 atom stereocenters. The summed E-state index contributed by atoms with van der Waals surface area (Å²) in [5.74, 6) is -2.00. The molecule has 0 saturated heterocycles. The van der Waals surface area contributed by atoms with Crippen LogP contribution in [0.4, 0.5) is 0 Å². The molecule has 1 N–H and O–H groups in total. The first kappa shape index (κ1) is 65.8. The number of carbonyl (C=O) groups excluding carboxylic acids is 2. The minimum absolute atomic E-state index is 0.182. The van der Waals surface area contributed by atoms with Gasteiger partial charge in [0.1, 0.15) is 13.2 Å². The van der Waals surface area contributed by atoms with E-state index in [4.69, 9.17) is 18.9 Å². The van der Waals surface area contributed by atoms with Gasteiger partial charge in [0.05, 0.1) is 34.4 Å². The third kappa shape index (κ3) is 51.6. The quantitative estimate of drug-likeness (QED) is 0.0211. The van der Waals surface area contributed by atoms with Crippen LogP contribution in [0, 0.1) is 0 Å². The Morgan fingerprint density at radius 2 is 0.750 bits per heavy atom. The SMILES string of the molecule is CCCCC/C=C\CCCCCCCC(=O)OCC(COC(OCC[N+](C)(C)C)C(=O)O)OC(=O)CCCCCCCCCCCCCCCCCCCCC/C=C\CCCCCCCCCC. The van der Waals surface area contributed by atoms with Crippen molar-refractivity contribution in [3.8, 4) is 0 Å². The summed E-state index contributed by atoms with van der Waals surface area (Å²) in [7, 11) is 5.97. The van der Waals surface area contributed by atoms with Gasteiger partial charge in [0, 0.05) is 12.8 Å². The van der Waals surface area contributed by atoms with Crippen LogP contribution in [0.25, 0.3) is 0 Å². The van der Waals surface area contributed by atoms with Crippen molar-refractivity contribution in [3.05, 3.63) is 24.3 Å². The van der Waals surface area contributed by atoms with E-state index in [1.165, 1.54) is 193 Å². The van der Waals surface area contributed by atoms with Gasteiger partial charge in [-0.1, -0.05) is 224 Å². The molecule has 400 valence electrons. The number of carboxylic acid groups (broad SMARTS) is 1. The first-order valence-electron chi connectivity index (χ1n) is 29.0. The van der Waals surface area contributed by atoms with Gasteiger partial charge in [-0.15, -0.1) is 0 Å². The zero-order valence-electron chi connectivity index (χ0n) is 45.5. The fourth-order valence-electron chi connectivity index (χ4n) is 8.42. The van der Waals surface area contributed by atoms with Gasteiger partial charge in [-0.2, -0.15) is 0 Å². The molecule has 68 heavy (non-hydrogen) atoms. The van der Waals surface area contributed by atoms with Crippen LogP contribution in [-0.2, 0) is 33.3 Å². The monoisotopic (exact) mass is 963 g/mol. The van der Waals surface area contributed by atoms with Crippen LogP contribution in [-0.4, -0.2) is 87.4 Å². The zero-order chi connectivity index (χ0) is 49.9. The molecular weight excluding hydrogens is 851 g/mol. The number of allylic oxidation sites excluding steroid dienone is 4. The summed E-state index contributed by atoms with van der Waals surface area (Å²) in [5, 5.41) is 9.67. The molecule has 0 aliphatic rings. The molecular formula is C59H112NO8+. The van der Waals surface area contributed by atoms with Gasteiger partial charge in [0.2, 0.25) is 0 Å². The number of likely N-dealkylation sites (N-methyl/N-ethyl adjacent to an activating group) is 1. The van der Waals surface area contributed by atoms with Crippen molar-refractivity contribution in [2.75, 3.05) is 47.5 Å². The summed E-state index contributed by atoms with van der Waals surface area (Å²) < 4.78 is 22.8. The van der Waals surface area contributed by atoms with Gasteiger partial charge in [-0.3, -0.25) is 9.59 Å². The molecule has 2 unspecified atom stereocenters. The lowest BCUT2D eigenvalue weighted by atomic mass is 10.0. The Kier molecular flexibility index (Phi) is 49.5. The summed E-state index contributed by atoms with van der Waals surface area (Å²) in [4.78, 5) is 37.3. The maximum absolute atomic E-state index is 12.8. The third-order valence-corrected chi connectivity index (χ3v) is 12.9. The zero-order valence-corrected chi connectivity index (χ0v) is 45.5. The molecule has 0 aliphatic heterocycles. The average molecular weight is 964 g/mol. The van der Waals surface area contributed by atoms with Gasteiger partial charge in [-0.05, 0) is 64.2 Å². The molecule has 0 saturated carbocycles. The molecule has 0 spiro atoms. The molecule has 0 amide bonds. The molecule has 0 aliphatic carbocycles. The number of nitrogens with zero attached hydrogens (tertiary/aromatic N) is 1. The highest BCUT2D eigenvalue weighted by Gasteiger charge is 2.25. The Balaban J connectivity index is 4.06. The van der Waals surface area contributed by atoms with Gasteiger partial charge < -0.3 is 28.5 Å². The normalized spacial score (nSPS) is 12.9. The van der Waals surface area contributed by atoms with E-state index in [0.717, 1.165) is 57.8 Å². The summed E-state index contributed by atoms with van der Waals surface area (Å²) >= 11 is 0. The second-order valence-electron chi connectivity index (χ2n) is 20.9. The van der Waals surface area contributed by atoms with Gasteiger partial charge in [0.25, 0.3) is 6.29 Å². The van der Waals surface area contributed by atoms with Crippen molar-refractivity contribution in [3.63, 3.8) is 0 Å². The molecule has 0 aromatic carbocycles. The minimum Gasteiger partial charge on any atom is -0.477 e. The Labute approximate surface area is 420 Å². The van der Waals surface area contributed by atoms with Crippen LogP contribution in [0.15, 0.2) is 24.3 Å². The van der Waals surface area contributed by atoms with E-state index in [0.29, 0.717) is 17.4 Å². The van der Waals surface area contributed by atoms with Gasteiger partial charge >= 0.3 is 17.9 Å². The number of esters is 2. The van der Waals surface area contributed by atoms with E-state index < -0.39 is 24.3 Å². The van der Waals surface area contributed by atoms with Crippen molar-refractivity contribution >= 4 is 17.9 Å². The van der Waals surface area contributed by atoms with E-state index in [1.807, 2.05) is 21.1 Å². The molecule has 9 heteroatoms. The maximum atomic E-state index is 12.8. The Hall–Kier alpha value is -2.23. The number of aliphatic carboxylic acids is 1. The Morgan fingerprint density at radius 3 is 1.12 bits per heavy atom. The van der Waals surface area contributed by atoms with Crippen LogP contribution in [0.1, 0.15) is 277 Å². The molecule has 0 bridgehead atoms. The summed E-state index contributed by atoms with van der Waals surface area (Å²) in [6.07, 6.45) is 57.1. The lowest BCUT2D eigenvalue weighted by Crippen LogP contribution is -2.40. The van der Waals surface area contributed by atoms with E-state index >= 15 is 0 Å². The maximum Gasteiger partial charge on any atom is 0.361 e. The van der Waals surface area contributed by atoms with Gasteiger partial charge in [0.15, 0.2) is 6.10 Å². The van der Waals surface area contributed by atoms with Crippen LogP contribution in [0.3, 0.4) is 0 Å². The third-order valence-electron chi connectivity index (χ3n) is 12.9. The van der Waals surface area contributed by atoms with Crippen molar-refractivity contribution in [1.82, 2.24) is 0 Å². The number of ether oxygens (including phenoxy) is 4. The highest BCUT2D eigenvalue weighted by Crippen LogP contribution is 2.17. The van der Waals surface area contributed by atoms with Crippen LogP contribution in [0.2, 0.25) is 0 Å². The minimum atomic E-state index is -1.51. The van der Waals surface area contributed by atoms with Gasteiger partial charge in [-0.25, -0.2) is 4.79 Å². The number of carboxylic acids is 1. The summed E-state index contributed by atoms with van der Waals surface area (Å²) in [6, 6.07) is 0. The number of hydrogen-bond acceptors (Lipinski definition) is 7. The Morgan fingerprint density at radius 1 is 0.426 bits per heavy atom. The standard InChI is InChI=1S/C59H111NO8/c1-6-8-10-12-14-16-18-20-21-22-23-24-25-26-27-28-29-30-31-32-33-34-35-36-37-38-40-42-44-46-48-50-57(62)68-55(54-67-59(58(63)64)65-52-51-60(3,4)5)53-66-56(61)49-47-45-43-41-39-19-17-15-13-11-9-7-2/h15,17,22-23,55,59H,6-14,16,18-21,24-54H2,1-5H3/p+1/b17-15-,23-22-. The predicted octanol–water partition coefficient (Wildman–Crippen LogP) is 16.7. The molecule has 0 aromatic heterocycles. The predicted molar refractivity (Wildman–Crippen MR) is 286 cm³/mol. The number of carbonyl (C=O) groups is 3. The van der Waals surface area contributed by atoms with Crippen molar-refractivity contribution in [2.45, 2.75) is 289 Å². The largest absolute Gasteiger partial charge is 0.477 e. The van der Waals surface area contributed by atoms with E-state index in [1.54, 1.807) is 0 Å². The second-order valence-corrected chi connectivity index (χ2v) is 20.9. The average Bonchev–Trinajstić information content (AvgIpc) is 3.30. The summed E-state index contributed by atoms with van der Waals surface area (Å²) in [5.41, 5.74) is 0. The van der Waals surface area contributed by atoms with E-state index in [-0.39, 0.29) is 32.2 Å². The molecule has 0 fully saturated rings. The first-order valence-corrected chi connectivity index (χ1v) is 29.0. The number of quaternary nitrogens is 1. The highest BCUT2D eigenvalue weighted by atomic mass is 16.7.